The lowest BCUT2D eigenvalue weighted by atomic mass is 9.97. The molecule has 0 N–H and O–H groups in total. The molecule has 5 heteroatoms. The fourth-order valence-corrected chi connectivity index (χ4v) is 4.91. The Hall–Kier alpha value is -2.17. The fraction of sp³-hybridized carbons (Fsp3) is 0.571. The van der Waals surface area contributed by atoms with E-state index in [4.69, 9.17) is 0 Å². The highest BCUT2D eigenvalue weighted by Gasteiger charge is 2.40. The summed E-state index contributed by atoms with van der Waals surface area (Å²) in [6.45, 7) is 1.29. The Labute approximate surface area is 154 Å². The molecule has 2 heterocycles. The highest BCUT2D eigenvalue weighted by Crippen LogP contribution is 2.36. The van der Waals surface area contributed by atoms with E-state index in [9.17, 15) is 14.4 Å². The maximum Gasteiger partial charge on any atom is 0.245 e. The molecule has 26 heavy (non-hydrogen) atoms. The van der Waals surface area contributed by atoms with E-state index < -0.39 is 0 Å². The largest absolute Gasteiger partial charge is 0.331 e. The molecule has 0 spiro atoms. The Balaban J connectivity index is 1.44. The van der Waals surface area contributed by atoms with E-state index in [1.54, 1.807) is 9.80 Å². The van der Waals surface area contributed by atoms with Gasteiger partial charge in [0.2, 0.25) is 11.8 Å². The molecule has 2 aliphatic heterocycles. The number of hydrogen-bond donors (Lipinski definition) is 0. The summed E-state index contributed by atoms with van der Waals surface area (Å²) in [7, 11) is 0. The highest BCUT2D eigenvalue weighted by atomic mass is 16.2. The topological polar surface area (TPSA) is 57.7 Å². The second-order valence-electron chi connectivity index (χ2n) is 7.76. The number of fused-ring (bicyclic) bond motifs is 1. The van der Waals surface area contributed by atoms with Crippen molar-refractivity contribution in [3.05, 3.63) is 35.4 Å². The van der Waals surface area contributed by atoms with E-state index in [1.165, 1.54) is 11.1 Å². The Morgan fingerprint density at radius 3 is 2.65 bits per heavy atom. The lowest BCUT2D eigenvalue weighted by molar-refractivity contribution is -0.145. The van der Waals surface area contributed by atoms with E-state index in [0.717, 1.165) is 38.4 Å². The maximum atomic E-state index is 13.0. The van der Waals surface area contributed by atoms with Crippen LogP contribution < -0.4 is 0 Å². The second-order valence-corrected chi connectivity index (χ2v) is 7.76. The molecule has 0 bridgehead atoms. The van der Waals surface area contributed by atoms with Gasteiger partial charge in [0.05, 0.1) is 6.04 Å². The quantitative estimate of drug-likeness (QED) is 0.780. The number of nitrogens with zero attached hydrogens (tertiary/aromatic N) is 2. The SMILES string of the molecule is O=C[C@@H]1CCCN1C(=O)[C@@H]1CCCN1C(=O)CC1CCc2ccccc21. The van der Waals surface area contributed by atoms with E-state index in [-0.39, 0.29) is 29.8 Å². The third-order valence-corrected chi connectivity index (χ3v) is 6.28. The molecule has 0 saturated carbocycles. The molecule has 4 rings (SSSR count). The number of aryl methyl sites for hydroxylation is 1. The number of amides is 2. The summed E-state index contributed by atoms with van der Waals surface area (Å²) in [6.07, 6.45) is 6.60. The summed E-state index contributed by atoms with van der Waals surface area (Å²) in [5.74, 6) is 0.325. The molecule has 3 aliphatic rings. The lowest BCUT2D eigenvalue weighted by Gasteiger charge is -2.30. The lowest BCUT2D eigenvalue weighted by Crippen LogP contribution is -2.49. The van der Waals surface area contributed by atoms with Crippen molar-refractivity contribution in [3.63, 3.8) is 0 Å². The highest BCUT2D eigenvalue weighted by molar-refractivity contribution is 5.90. The van der Waals surface area contributed by atoms with Gasteiger partial charge in [0.15, 0.2) is 0 Å². The van der Waals surface area contributed by atoms with Crippen LogP contribution in [0.2, 0.25) is 0 Å². The third-order valence-electron chi connectivity index (χ3n) is 6.28. The molecular weight excluding hydrogens is 328 g/mol. The molecule has 2 fully saturated rings. The average Bonchev–Trinajstić information content (AvgIpc) is 3.40. The summed E-state index contributed by atoms with van der Waals surface area (Å²) in [4.78, 5) is 40.6. The van der Waals surface area contributed by atoms with Gasteiger partial charge < -0.3 is 14.6 Å². The second kappa shape index (κ2) is 7.22. The van der Waals surface area contributed by atoms with Crippen LogP contribution in [-0.4, -0.2) is 53.1 Å². The van der Waals surface area contributed by atoms with Crippen molar-refractivity contribution in [1.82, 2.24) is 9.80 Å². The Kier molecular flexibility index (Phi) is 4.79. The number of aldehydes is 1. The Morgan fingerprint density at radius 1 is 1.04 bits per heavy atom. The van der Waals surface area contributed by atoms with Gasteiger partial charge in [-0.2, -0.15) is 0 Å². The first-order chi connectivity index (χ1) is 12.7. The van der Waals surface area contributed by atoms with Crippen molar-refractivity contribution < 1.29 is 14.4 Å². The predicted octanol–water partition coefficient (Wildman–Crippen LogP) is 2.29. The monoisotopic (exact) mass is 354 g/mol. The van der Waals surface area contributed by atoms with Crippen LogP contribution in [0.1, 0.15) is 55.6 Å². The molecule has 138 valence electrons. The standard InChI is InChI=1S/C21H26N2O3/c24-14-17-6-3-11-22(17)21(26)19-8-4-12-23(19)20(25)13-16-10-9-15-5-1-2-7-18(15)16/h1-2,5,7,14,16-17,19H,3-4,6,8-13H2/t16?,17-,19-/m0/s1. The van der Waals surface area contributed by atoms with Crippen molar-refractivity contribution in [2.24, 2.45) is 0 Å². The van der Waals surface area contributed by atoms with Crippen LogP contribution in [0.4, 0.5) is 0 Å². The normalized spacial score (nSPS) is 27.6. The summed E-state index contributed by atoms with van der Waals surface area (Å²) < 4.78 is 0. The smallest absolute Gasteiger partial charge is 0.245 e. The molecule has 5 nitrogen and oxygen atoms in total. The first kappa shape index (κ1) is 17.3. The summed E-state index contributed by atoms with van der Waals surface area (Å²) in [6, 6.07) is 7.69. The van der Waals surface area contributed by atoms with Crippen molar-refractivity contribution in [2.75, 3.05) is 13.1 Å². The van der Waals surface area contributed by atoms with Crippen LogP contribution in [0, 0.1) is 0 Å². The van der Waals surface area contributed by atoms with Crippen molar-refractivity contribution in [2.45, 2.75) is 62.9 Å². The van der Waals surface area contributed by atoms with Gasteiger partial charge in [-0.3, -0.25) is 9.59 Å². The van der Waals surface area contributed by atoms with E-state index in [1.807, 2.05) is 6.07 Å². The average molecular weight is 354 g/mol. The van der Waals surface area contributed by atoms with E-state index >= 15 is 0 Å². The van der Waals surface area contributed by atoms with Crippen LogP contribution >= 0.6 is 0 Å². The van der Waals surface area contributed by atoms with Gasteiger partial charge in [-0.15, -0.1) is 0 Å². The van der Waals surface area contributed by atoms with E-state index in [2.05, 4.69) is 18.2 Å². The summed E-state index contributed by atoms with van der Waals surface area (Å²) >= 11 is 0. The zero-order valence-corrected chi connectivity index (χ0v) is 15.1. The Bertz CT molecular complexity index is 717. The van der Waals surface area contributed by atoms with Crippen LogP contribution in [0.5, 0.6) is 0 Å². The molecule has 1 aliphatic carbocycles. The van der Waals surface area contributed by atoms with Crippen LogP contribution in [-0.2, 0) is 20.8 Å². The molecule has 0 aromatic heterocycles. The molecule has 2 saturated heterocycles. The van der Waals surface area contributed by atoms with Crippen LogP contribution in [0.25, 0.3) is 0 Å². The van der Waals surface area contributed by atoms with Gasteiger partial charge in [-0.1, -0.05) is 24.3 Å². The number of hydrogen-bond acceptors (Lipinski definition) is 3. The molecule has 2 amide bonds. The number of carbonyl (C=O) groups excluding carboxylic acids is 3. The van der Waals surface area contributed by atoms with Crippen LogP contribution in [0.15, 0.2) is 24.3 Å². The van der Waals surface area contributed by atoms with Gasteiger partial charge in [0.25, 0.3) is 0 Å². The zero-order valence-electron chi connectivity index (χ0n) is 15.1. The minimum Gasteiger partial charge on any atom is -0.331 e. The Morgan fingerprint density at radius 2 is 1.81 bits per heavy atom. The first-order valence-electron chi connectivity index (χ1n) is 9.82. The van der Waals surface area contributed by atoms with Gasteiger partial charge in [-0.25, -0.2) is 0 Å². The molecule has 1 unspecified atom stereocenters. The van der Waals surface area contributed by atoms with Crippen LogP contribution in [0.3, 0.4) is 0 Å². The number of rotatable bonds is 4. The number of carbonyl (C=O) groups is 3. The maximum absolute atomic E-state index is 13.0. The number of benzene rings is 1. The van der Waals surface area contributed by atoms with E-state index in [0.29, 0.717) is 25.9 Å². The molecule has 0 radical (unpaired) electrons. The summed E-state index contributed by atoms with van der Waals surface area (Å²) in [5, 5.41) is 0. The first-order valence-corrected chi connectivity index (χ1v) is 9.82. The van der Waals surface area contributed by atoms with Gasteiger partial charge in [-0.05, 0) is 55.6 Å². The summed E-state index contributed by atoms with van der Waals surface area (Å²) in [5.41, 5.74) is 2.65. The molecule has 1 aromatic rings. The molecule has 1 aromatic carbocycles. The van der Waals surface area contributed by atoms with Crippen molar-refractivity contribution in [1.29, 1.82) is 0 Å². The minimum atomic E-state index is -0.375. The third kappa shape index (κ3) is 3.04. The van der Waals surface area contributed by atoms with Crippen molar-refractivity contribution >= 4 is 18.1 Å². The predicted molar refractivity (Wildman–Crippen MR) is 97.7 cm³/mol. The molecule has 3 atom stereocenters. The molecular formula is C21H26N2O3. The van der Waals surface area contributed by atoms with Gasteiger partial charge >= 0.3 is 0 Å². The zero-order chi connectivity index (χ0) is 18.1. The van der Waals surface area contributed by atoms with Gasteiger partial charge in [0, 0.05) is 19.5 Å². The van der Waals surface area contributed by atoms with Crippen molar-refractivity contribution in [3.8, 4) is 0 Å². The number of likely N-dealkylation sites (tertiary alicyclic amines) is 2. The fourth-order valence-electron chi connectivity index (χ4n) is 4.91. The minimum absolute atomic E-state index is 0.0303. The van der Waals surface area contributed by atoms with Gasteiger partial charge in [0.1, 0.15) is 12.3 Å².